The largest absolute Gasteiger partial charge is 0.351 e. The molecule has 4 nitrogen and oxygen atoms in total. The lowest BCUT2D eigenvalue weighted by Gasteiger charge is -2.06. The lowest BCUT2D eigenvalue weighted by Crippen LogP contribution is -2.00. The summed E-state index contributed by atoms with van der Waals surface area (Å²) in [4.78, 5) is 4.52. The Balaban J connectivity index is 1.93. The van der Waals surface area contributed by atoms with Crippen molar-refractivity contribution in [1.29, 1.82) is 0 Å². The Morgan fingerprint density at radius 1 is 1.09 bits per heavy atom. The van der Waals surface area contributed by atoms with Gasteiger partial charge in [0.05, 0.1) is 17.4 Å². The third kappa shape index (κ3) is 2.83. The van der Waals surface area contributed by atoms with Gasteiger partial charge in [-0.05, 0) is 11.6 Å². The SMILES string of the molecule is O[S+](O)c1ccc(Cn2cnc3c(C(F)F)cccc32)cc1. The highest BCUT2D eigenvalue weighted by molar-refractivity contribution is 7.85. The quantitative estimate of drug-likeness (QED) is 0.715. The summed E-state index contributed by atoms with van der Waals surface area (Å²) in [6, 6.07) is 11.5. The summed E-state index contributed by atoms with van der Waals surface area (Å²) in [5, 5.41) is 0. The number of benzene rings is 2. The molecular formula is C15H13F2N2O2S+. The first-order valence-corrected chi connectivity index (χ1v) is 7.63. The van der Waals surface area contributed by atoms with Gasteiger partial charge >= 0.3 is 11.5 Å². The van der Waals surface area contributed by atoms with E-state index in [2.05, 4.69) is 4.98 Å². The van der Waals surface area contributed by atoms with Crippen LogP contribution in [0.1, 0.15) is 17.6 Å². The van der Waals surface area contributed by atoms with Crippen molar-refractivity contribution in [2.24, 2.45) is 0 Å². The van der Waals surface area contributed by atoms with Crippen molar-refractivity contribution in [1.82, 2.24) is 9.55 Å². The maximum atomic E-state index is 13.0. The number of aromatic nitrogens is 2. The van der Waals surface area contributed by atoms with Crippen LogP contribution in [0.3, 0.4) is 0 Å². The van der Waals surface area contributed by atoms with E-state index in [1.807, 2.05) is 0 Å². The fourth-order valence-electron chi connectivity index (χ4n) is 2.33. The Kier molecular flexibility index (Phi) is 4.10. The standard InChI is InChI=1S/C15H13F2N2O2S/c16-15(17)12-2-1-3-13-14(12)18-9-19(13)8-10-4-6-11(7-5-10)22(20)21/h1-7,9,15,20-21H,8H2/q+1. The van der Waals surface area contributed by atoms with E-state index < -0.39 is 17.9 Å². The second-order valence-electron chi connectivity index (χ2n) is 4.80. The number of rotatable bonds is 4. The van der Waals surface area contributed by atoms with E-state index in [0.29, 0.717) is 22.5 Å². The molecule has 0 aliphatic rings. The van der Waals surface area contributed by atoms with E-state index in [1.165, 1.54) is 12.4 Å². The molecule has 0 amide bonds. The van der Waals surface area contributed by atoms with Crippen LogP contribution >= 0.6 is 0 Å². The van der Waals surface area contributed by atoms with Gasteiger partial charge in [-0.1, -0.05) is 24.3 Å². The lowest BCUT2D eigenvalue weighted by molar-refractivity contribution is 0.153. The minimum atomic E-state index is -2.56. The van der Waals surface area contributed by atoms with Crippen LogP contribution < -0.4 is 0 Å². The molecule has 0 bridgehead atoms. The van der Waals surface area contributed by atoms with Gasteiger partial charge in [0.15, 0.2) is 0 Å². The van der Waals surface area contributed by atoms with Gasteiger partial charge < -0.3 is 4.57 Å². The van der Waals surface area contributed by atoms with E-state index in [4.69, 9.17) is 9.11 Å². The van der Waals surface area contributed by atoms with E-state index in [0.717, 1.165) is 5.56 Å². The third-order valence-electron chi connectivity index (χ3n) is 3.40. The van der Waals surface area contributed by atoms with Gasteiger partial charge in [0.1, 0.15) is 0 Å². The van der Waals surface area contributed by atoms with Crippen molar-refractivity contribution >= 4 is 22.5 Å². The molecule has 0 aliphatic heterocycles. The monoisotopic (exact) mass is 323 g/mol. The van der Waals surface area contributed by atoms with Crippen LogP contribution in [0.5, 0.6) is 0 Å². The molecule has 7 heteroatoms. The van der Waals surface area contributed by atoms with Gasteiger partial charge in [0.2, 0.25) is 4.90 Å². The molecule has 3 aromatic rings. The molecule has 0 saturated carbocycles. The van der Waals surface area contributed by atoms with Crippen molar-refractivity contribution in [3.63, 3.8) is 0 Å². The minimum Gasteiger partial charge on any atom is -0.326 e. The zero-order valence-electron chi connectivity index (χ0n) is 11.4. The Morgan fingerprint density at radius 2 is 1.82 bits per heavy atom. The third-order valence-corrected chi connectivity index (χ3v) is 4.10. The highest BCUT2D eigenvalue weighted by atomic mass is 32.2. The second-order valence-corrected chi connectivity index (χ2v) is 5.80. The van der Waals surface area contributed by atoms with Crippen molar-refractivity contribution < 1.29 is 17.9 Å². The molecule has 114 valence electrons. The van der Waals surface area contributed by atoms with Crippen LogP contribution in [-0.2, 0) is 18.0 Å². The molecule has 0 radical (unpaired) electrons. The first-order valence-electron chi connectivity index (χ1n) is 6.49. The fourth-order valence-corrected chi connectivity index (χ4v) is 2.71. The molecular weight excluding hydrogens is 310 g/mol. The number of fused-ring (bicyclic) bond motifs is 1. The Labute approximate surface area is 128 Å². The molecule has 0 atom stereocenters. The number of halogens is 2. The summed E-state index contributed by atoms with van der Waals surface area (Å²) in [7, 11) is 0. The molecule has 2 N–H and O–H groups in total. The van der Waals surface area contributed by atoms with Crippen LogP contribution in [0.4, 0.5) is 8.78 Å². The molecule has 1 aromatic heterocycles. The number of hydrogen-bond acceptors (Lipinski definition) is 3. The van der Waals surface area contributed by atoms with E-state index in [9.17, 15) is 8.78 Å². The van der Waals surface area contributed by atoms with Crippen LogP contribution in [0.25, 0.3) is 11.0 Å². The summed E-state index contributed by atoms with van der Waals surface area (Å²) in [5.41, 5.74) is 1.79. The molecule has 0 fully saturated rings. The molecule has 1 heterocycles. The molecule has 3 rings (SSSR count). The van der Waals surface area contributed by atoms with Crippen LogP contribution in [0.15, 0.2) is 53.7 Å². The molecule has 0 saturated heterocycles. The summed E-state index contributed by atoms with van der Waals surface area (Å²) in [5.74, 6) is 0. The predicted molar refractivity (Wildman–Crippen MR) is 81.1 cm³/mol. The van der Waals surface area contributed by atoms with Gasteiger partial charge in [-0.15, -0.1) is 0 Å². The number of para-hydroxylation sites is 1. The predicted octanol–water partition coefficient (Wildman–Crippen LogP) is 3.95. The molecule has 0 aliphatic carbocycles. The average molecular weight is 323 g/mol. The summed E-state index contributed by atoms with van der Waals surface area (Å²) < 4.78 is 45.9. The lowest BCUT2D eigenvalue weighted by atomic mass is 10.2. The Bertz CT molecular complexity index is 788. The highest BCUT2D eigenvalue weighted by Crippen LogP contribution is 2.27. The normalized spacial score (nSPS) is 11.7. The fraction of sp³-hybridized carbons (Fsp3) is 0.133. The number of hydrogen-bond donors (Lipinski definition) is 2. The molecule has 0 unspecified atom stereocenters. The topological polar surface area (TPSA) is 58.3 Å². The van der Waals surface area contributed by atoms with E-state index >= 15 is 0 Å². The van der Waals surface area contributed by atoms with Gasteiger partial charge in [-0.25, -0.2) is 13.8 Å². The number of imidazole rings is 1. The summed E-state index contributed by atoms with van der Waals surface area (Å²) >= 11 is -1.76. The van der Waals surface area contributed by atoms with Gasteiger partial charge in [-0.3, -0.25) is 0 Å². The van der Waals surface area contributed by atoms with Crippen LogP contribution in [0.2, 0.25) is 0 Å². The Morgan fingerprint density at radius 3 is 2.45 bits per heavy atom. The van der Waals surface area contributed by atoms with Crippen LogP contribution in [0, 0.1) is 0 Å². The van der Waals surface area contributed by atoms with Gasteiger partial charge in [-0.2, -0.15) is 9.11 Å². The maximum Gasteiger partial charge on any atom is 0.351 e. The average Bonchev–Trinajstić information content (AvgIpc) is 2.91. The maximum absolute atomic E-state index is 13.0. The van der Waals surface area contributed by atoms with Crippen molar-refractivity contribution in [2.75, 3.05) is 0 Å². The molecule has 2 aromatic carbocycles. The highest BCUT2D eigenvalue weighted by Gasteiger charge is 2.17. The first kappa shape index (κ1) is 15.0. The number of nitrogens with zero attached hydrogens (tertiary/aromatic N) is 2. The van der Waals surface area contributed by atoms with Crippen molar-refractivity contribution in [3.8, 4) is 0 Å². The zero-order valence-corrected chi connectivity index (χ0v) is 12.2. The molecule has 22 heavy (non-hydrogen) atoms. The smallest absolute Gasteiger partial charge is 0.326 e. The number of alkyl halides is 2. The van der Waals surface area contributed by atoms with Gasteiger partial charge in [0.25, 0.3) is 6.43 Å². The Hall–Kier alpha value is -1.96. The van der Waals surface area contributed by atoms with Gasteiger partial charge in [0, 0.05) is 24.2 Å². The van der Waals surface area contributed by atoms with E-state index in [-0.39, 0.29) is 5.56 Å². The van der Waals surface area contributed by atoms with Crippen molar-refractivity contribution in [3.05, 3.63) is 59.9 Å². The van der Waals surface area contributed by atoms with Crippen molar-refractivity contribution in [2.45, 2.75) is 17.9 Å². The zero-order chi connectivity index (χ0) is 15.7. The minimum absolute atomic E-state index is 0.0730. The second kappa shape index (κ2) is 6.04. The first-order chi connectivity index (χ1) is 10.6. The summed E-state index contributed by atoms with van der Waals surface area (Å²) in [6.07, 6.45) is -1.02. The van der Waals surface area contributed by atoms with Crippen LogP contribution in [-0.4, -0.2) is 18.7 Å². The van der Waals surface area contributed by atoms with E-state index in [1.54, 1.807) is 41.0 Å². The summed E-state index contributed by atoms with van der Waals surface area (Å²) in [6.45, 7) is 0.466. The molecule has 0 spiro atoms.